The summed E-state index contributed by atoms with van der Waals surface area (Å²) in [4.78, 5) is 32.5. The van der Waals surface area contributed by atoms with E-state index in [-0.39, 0.29) is 11.3 Å². The van der Waals surface area contributed by atoms with Gasteiger partial charge < -0.3 is 23.7 Å². The van der Waals surface area contributed by atoms with Crippen LogP contribution in [0.1, 0.15) is 22.2 Å². The third-order valence-electron chi connectivity index (χ3n) is 5.73. The molecule has 0 unspecified atom stereocenters. The topological polar surface area (TPSA) is 111 Å². The van der Waals surface area contributed by atoms with Gasteiger partial charge in [0, 0.05) is 17.0 Å². The lowest BCUT2D eigenvalue weighted by atomic mass is 9.94. The largest absolute Gasteiger partial charge is 0.503 e. The third kappa shape index (κ3) is 3.58. The van der Waals surface area contributed by atoms with Crippen LogP contribution in [0.15, 0.2) is 69.8 Å². The number of aromatic nitrogens is 1. The molecule has 0 fully saturated rings. The van der Waals surface area contributed by atoms with Crippen molar-refractivity contribution in [3.05, 3.63) is 76.7 Å². The molecule has 5 rings (SSSR count). The molecule has 1 N–H and O–H groups in total. The first kappa shape index (κ1) is 22.5. The number of carbonyl (C=O) groups is 2. The fourth-order valence-electron chi connectivity index (χ4n) is 4.17. The number of furan rings is 1. The maximum atomic E-state index is 13.7. The van der Waals surface area contributed by atoms with Gasteiger partial charge in [-0.1, -0.05) is 18.2 Å². The van der Waals surface area contributed by atoms with Gasteiger partial charge in [-0.15, -0.1) is 11.3 Å². The van der Waals surface area contributed by atoms with Gasteiger partial charge in [-0.05, 0) is 29.8 Å². The molecule has 1 aliphatic heterocycles. The Hall–Kier alpha value is -4.31. The number of ketones is 1. The predicted octanol–water partition coefficient (Wildman–Crippen LogP) is 4.70. The van der Waals surface area contributed by atoms with Crippen LogP contribution in [0.4, 0.5) is 5.13 Å². The maximum absolute atomic E-state index is 13.7. The van der Waals surface area contributed by atoms with Crippen molar-refractivity contribution in [3.8, 4) is 17.2 Å². The highest BCUT2D eigenvalue weighted by molar-refractivity contribution is 7.13. The van der Waals surface area contributed by atoms with E-state index < -0.39 is 23.5 Å². The van der Waals surface area contributed by atoms with Crippen LogP contribution in [-0.4, -0.2) is 43.1 Å². The van der Waals surface area contributed by atoms with E-state index in [0.29, 0.717) is 33.5 Å². The van der Waals surface area contributed by atoms with Gasteiger partial charge in [-0.3, -0.25) is 14.5 Å². The molecular formula is C25H20N2O7S. The number of aliphatic hydroxyl groups excluding tert-OH is 1. The first-order chi connectivity index (χ1) is 17.0. The van der Waals surface area contributed by atoms with Crippen LogP contribution >= 0.6 is 11.3 Å². The number of hydrogen-bond acceptors (Lipinski definition) is 9. The van der Waals surface area contributed by atoms with Gasteiger partial charge in [-0.25, -0.2) is 4.98 Å². The highest BCUT2D eigenvalue weighted by Gasteiger charge is 2.47. The number of nitrogens with zero attached hydrogens (tertiary/aromatic N) is 2. The third-order valence-corrected chi connectivity index (χ3v) is 6.50. The number of hydrogen-bond donors (Lipinski definition) is 1. The van der Waals surface area contributed by atoms with Gasteiger partial charge in [0.25, 0.3) is 5.91 Å². The molecule has 9 nitrogen and oxygen atoms in total. The number of Topliss-reactive ketones (excluding diaryl/α,β-unsaturated/α-hetero) is 1. The Balaban J connectivity index is 1.71. The lowest BCUT2D eigenvalue weighted by molar-refractivity contribution is -0.117. The molecular weight excluding hydrogens is 472 g/mol. The Bertz CT molecular complexity index is 1410. The molecule has 2 aromatic heterocycles. The average molecular weight is 493 g/mol. The number of fused-ring (bicyclic) bond motifs is 1. The minimum atomic E-state index is -1.02. The summed E-state index contributed by atoms with van der Waals surface area (Å²) < 4.78 is 22.1. The zero-order chi connectivity index (χ0) is 24.7. The Kier molecular flexibility index (Phi) is 5.65. The fourth-order valence-corrected chi connectivity index (χ4v) is 4.84. The molecule has 0 bridgehead atoms. The first-order valence-corrected chi connectivity index (χ1v) is 11.4. The average Bonchev–Trinajstić information content (AvgIpc) is 3.61. The molecule has 4 aromatic rings. The summed E-state index contributed by atoms with van der Waals surface area (Å²) in [5.41, 5.74) is 0.825. The van der Waals surface area contributed by atoms with Crippen LogP contribution in [0, 0.1) is 0 Å². The summed E-state index contributed by atoms with van der Waals surface area (Å²) in [5.74, 6) is -1.04. The number of amides is 1. The zero-order valence-corrected chi connectivity index (χ0v) is 19.8. The molecule has 1 amide bonds. The summed E-state index contributed by atoms with van der Waals surface area (Å²) in [6, 6.07) is 11.0. The van der Waals surface area contributed by atoms with Crippen molar-refractivity contribution in [2.75, 3.05) is 26.2 Å². The number of carbonyl (C=O) groups excluding carboxylic acids is 2. The van der Waals surface area contributed by atoms with Gasteiger partial charge >= 0.3 is 0 Å². The Morgan fingerprint density at radius 2 is 1.80 bits per heavy atom. The monoisotopic (exact) mass is 492 g/mol. The van der Waals surface area contributed by atoms with Crippen LogP contribution < -0.4 is 19.1 Å². The number of para-hydroxylation sites is 1. The van der Waals surface area contributed by atoms with E-state index >= 15 is 0 Å². The van der Waals surface area contributed by atoms with E-state index in [4.69, 9.17) is 18.6 Å². The smallest absolute Gasteiger partial charge is 0.296 e. The van der Waals surface area contributed by atoms with Gasteiger partial charge in [0.2, 0.25) is 11.5 Å². The minimum Gasteiger partial charge on any atom is -0.503 e. The Morgan fingerprint density at radius 1 is 1.09 bits per heavy atom. The number of methoxy groups -OCH3 is 3. The summed E-state index contributed by atoms with van der Waals surface area (Å²) in [6.07, 6.45) is 1.54. The van der Waals surface area contributed by atoms with Crippen molar-refractivity contribution >= 4 is 39.1 Å². The molecule has 1 atom stereocenters. The highest BCUT2D eigenvalue weighted by Crippen LogP contribution is 2.47. The van der Waals surface area contributed by atoms with Crippen LogP contribution in [0.5, 0.6) is 17.2 Å². The lowest BCUT2D eigenvalue weighted by Gasteiger charge is -2.25. The molecule has 0 radical (unpaired) electrons. The summed E-state index contributed by atoms with van der Waals surface area (Å²) in [6.45, 7) is 0. The second-order valence-corrected chi connectivity index (χ2v) is 8.46. The van der Waals surface area contributed by atoms with Crippen LogP contribution in [0.25, 0.3) is 11.0 Å². The molecule has 0 spiro atoms. The predicted molar refractivity (Wildman–Crippen MR) is 129 cm³/mol. The van der Waals surface area contributed by atoms with Crippen LogP contribution in [0.3, 0.4) is 0 Å². The highest BCUT2D eigenvalue weighted by atomic mass is 32.1. The lowest BCUT2D eigenvalue weighted by Crippen LogP contribution is -2.31. The molecule has 178 valence electrons. The standard InChI is InChI=1S/C25H20N2O7S/c1-31-17-11-14(12-18(32-2)23(17)33-3)20-19(22(29)24(30)27(20)25-26-8-9-35-25)21(28)16-10-13-6-4-5-7-15(13)34-16/h4-12,20,29H,1-3H3/t20-/m0/s1. The van der Waals surface area contributed by atoms with Crippen molar-refractivity contribution < 1.29 is 33.3 Å². The molecule has 2 aromatic carbocycles. The SMILES string of the molecule is COc1cc([C@H]2C(C(=O)c3cc4ccccc4o3)=C(O)C(=O)N2c2nccs2)cc(OC)c1OC. The quantitative estimate of drug-likeness (QED) is 0.370. The fraction of sp³-hybridized carbons (Fsp3) is 0.160. The molecule has 35 heavy (non-hydrogen) atoms. The minimum absolute atomic E-state index is 0.000944. The molecule has 0 saturated heterocycles. The van der Waals surface area contributed by atoms with Gasteiger partial charge in [-0.2, -0.15) is 0 Å². The van der Waals surface area contributed by atoms with Crippen molar-refractivity contribution in [3.63, 3.8) is 0 Å². The second-order valence-electron chi connectivity index (χ2n) is 7.59. The number of anilines is 1. The summed E-state index contributed by atoms with van der Waals surface area (Å²) >= 11 is 1.20. The van der Waals surface area contributed by atoms with E-state index in [2.05, 4.69) is 4.98 Å². The van der Waals surface area contributed by atoms with Crippen LogP contribution in [0.2, 0.25) is 0 Å². The normalized spacial score (nSPS) is 15.7. The van der Waals surface area contributed by atoms with E-state index in [0.717, 1.165) is 5.39 Å². The van der Waals surface area contributed by atoms with Crippen molar-refractivity contribution in [1.82, 2.24) is 4.98 Å². The van der Waals surface area contributed by atoms with Crippen molar-refractivity contribution in [2.45, 2.75) is 6.04 Å². The van der Waals surface area contributed by atoms with E-state index in [1.54, 1.807) is 35.7 Å². The number of rotatable bonds is 7. The summed E-state index contributed by atoms with van der Waals surface area (Å²) in [7, 11) is 4.41. The molecule has 0 aliphatic carbocycles. The number of aliphatic hydroxyl groups is 1. The maximum Gasteiger partial charge on any atom is 0.296 e. The zero-order valence-electron chi connectivity index (χ0n) is 19.0. The molecule has 3 heterocycles. The van der Waals surface area contributed by atoms with Crippen LogP contribution in [-0.2, 0) is 4.79 Å². The van der Waals surface area contributed by atoms with Gasteiger partial charge in [0.1, 0.15) is 5.58 Å². The van der Waals surface area contributed by atoms with E-state index in [1.807, 2.05) is 12.1 Å². The van der Waals surface area contributed by atoms with Gasteiger partial charge in [0.05, 0.1) is 32.9 Å². The number of ether oxygens (including phenoxy) is 3. The van der Waals surface area contributed by atoms with E-state index in [9.17, 15) is 14.7 Å². The Morgan fingerprint density at radius 3 is 2.40 bits per heavy atom. The number of benzene rings is 2. The van der Waals surface area contributed by atoms with Crippen molar-refractivity contribution in [1.29, 1.82) is 0 Å². The van der Waals surface area contributed by atoms with Crippen molar-refractivity contribution in [2.24, 2.45) is 0 Å². The Labute approximate surface area is 203 Å². The molecule has 1 aliphatic rings. The molecule has 10 heteroatoms. The summed E-state index contributed by atoms with van der Waals surface area (Å²) in [5, 5.41) is 13.7. The number of thiazole rings is 1. The first-order valence-electron chi connectivity index (χ1n) is 10.5. The second kappa shape index (κ2) is 8.80. The van der Waals surface area contributed by atoms with E-state index in [1.165, 1.54) is 43.8 Å². The van der Waals surface area contributed by atoms with Gasteiger partial charge in [0.15, 0.2) is 28.1 Å². The molecule has 0 saturated carbocycles.